The summed E-state index contributed by atoms with van der Waals surface area (Å²) < 4.78 is 0. The highest BCUT2D eigenvalue weighted by Gasteiger charge is 2.24. The molecule has 1 aliphatic rings. The van der Waals surface area contributed by atoms with Gasteiger partial charge in [-0.25, -0.2) is 0 Å². The van der Waals surface area contributed by atoms with Gasteiger partial charge in [0, 0.05) is 24.1 Å². The van der Waals surface area contributed by atoms with E-state index >= 15 is 0 Å². The van der Waals surface area contributed by atoms with E-state index in [1.165, 1.54) is 25.0 Å². The molecule has 2 heteroatoms. The molecule has 0 spiro atoms. The molecule has 88 valence electrons. The number of nitrogens with one attached hydrogen (secondary N) is 1. The lowest BCUT2D eigenvalue weighted by molar-refractivity contribution is 0.231. The lowest BCUT2D eigenvalue weighted by atomic mass is 9.80. The van der Waals surface area contributed by atoms with E-state index in [1.807, 2.05) is 17.8 Å². The molecule has 0 aliphatic heterocycles. The maximum absolute atomic E-state index is 3.73. The summed E-state index contributed by atoms with van der Waals surface area (Å²) in [7, 11) is 0. The van der Waals surface area contributed by atoms with E-state index in [-0.39, 0.29) is 0 Å². The van der Waals surface area contributed by atoms with Gasteiger partial charge < -0.3 is 5.32 Å². The maximum Gasteiger partial charge on any atom is 0.0111 e. The quantitative estimate of drug-likeness (QED) is 0.552. The molecule has 0 aromatic carbocycles. The van der Waals surface area contributed by atoms with Crippen molar-refractivity contribution in [3.63, 3.8) is 0 Å². The predicted molar refractivity (Wildman–Crippen MR) is 71.5 cm³/mol. The fourth-order valence-corrected chi connectivity index (χ4v) is 3.05. The molecule has 0 amide bonds. The zero-order valence-electron chi connectivity index (χ0n) is 10.2. The Kier molecular flexibility index (Phi) is 6.42. The van der Waals surface area contributed by atoms with Crippen molar-refractivity contribution in [2.75, 3.05) is 18.1 Å². The summed E-state index contributed by atoms with van der Waals surface area (Å²) in [5.74, 6) is 4.09. The highest BCUT2D eigenvalue weighted by Crippen LogP contribution is 2.28. The number of hydrogen-bond acceptors (Lipinski definition) is 2. The monoisotopic (exact) mass is 227 g/mol. The van der Waals surface area contributed by atoms with Crippen LogP contribution in [0.5, 0.6) is 0 Å². The third-order valence-electron chi connectivity index (χ3n) is 3.32. The van der Waals surface area contributed by atoms with E-state index in [1.54, 1.807) is 0 Å². The smallest absolute Gasteiger partial charge is 0.0111 e. The second-order valence-corrected chi connectivity index (χ2v) is 5.97. The molecule has 0 saturated heterocycles. The van der Waals surface area contributed by atoms with Crippen LogP contribution in [0.25, 0.3) is 0 Å². The molecule has 15 heavy (non-hydrogen) atoms. The van der Waals surface area contributed by atoms with Crippen molar-refractivity contribution >= 4 is 11.8 Å². The van der Waals surface area contributed by atoms with E-state index in [0.717, 1.165) is 30.2 Å². The standard InChI is InChI=1S/C13H25NS/c1-4-8-15-9-7-14-13-6-5-11(2)10-12(13)3/h4,11-14H,1,5-10H2,2-3H3. The summed E-state index contributed by atoms with van der Waals surface area (Å²) in [6.07, 6.45) is 6.16. The molecule has 0 bridgehead atoms. The Bertz CT molecular complexity index is 181. The molecule has 1 rings (SSSR count). The van der Waals surface area contributed by atoms with Gasteiger partial charge in [-0.2, -0.15) is 11.8 Å². The molecule has 1 saturated carbocycles. The third-order valence-corrected chi connectivity index (χ3v) is 4.28. The van der Waals surface area contributed by atoms with Crippen LogP contribution in [0, 0.1) is 11.8 Å². The number of hydrogen-bond donors (Lipinski definition) is 1. The van der Waals surface area contributed by atoms with Crippen LogP contribution < -0.4 is 5.32 Å². The molecule has 1 nitrogen and oxygen atoms in total. The molecular formula is C13H25NS. The van der Waals surface area contributed by atoms with Crippen molar-refractivity contribution in [1.29, 1.82) is 0 Å². The molecule has 1 N–H and O–H groups in total. The first kappa shape index (κ1) is 13.1. The third kappa shape index (κ3) is 5.07. The van der Waals surface area contributed by atoms with E-state index in [9.17, 15) is 0 Å². The lowest BCUT2D eigenvalue weighted by Gasteiger charge is -2.33. The van der Waals surface area contributed by atoms with Gasteiger partial charge in [-0.05, 0) is 31.1 Å². The molecule has 0 aromatic rings. The second kappa shape index (κ2) is 7.34. The first-order valence-corrected chi connectivity index (χ1v) is 7.31. The summed E-state index contributed by atoms with van der Waals surface area (Å²) in [5, 5.41) is 3.70. The number of thioether (sulfide) groups is 1. The Morgan fingerprint density at radius 3 is 2.87 bits per heavy atom. The summed E-state index contributed by atoms with van der Waals surface area (Å²) in [6.45, 7) is 9.66. The Morgan fingerprint density at radius 1 is 1.40 bits per heavy atom. The minimum absolute atomic E-state index is 0.769. The Morgan fingerprint density at radius 2 is 2.20 bits per heavy atom. The van der Waals surface area contributed by atoms with Gasteiger partial charge in [-0.15, -0.1) is 6.58 Å². The van der Waals surface area contributed by atoms with E-state index in [2.05, 4.69) is 25.7 Å². The maximum atomic E-state index is 3.73. The Labute approximate surface area is 99.1 Å². The largest absolute Gasteiger partial charge is 0.313 e. The molecule has 3 unspecified atom stereocenters. The minimum Gasteiger partial charge on any atom is -0.313 e. The Balaban J connectivity index is 2.07. The Hall–Kier alpha value is 0.0500. The van der Waals surface area contributed by atoms with Gasteiger partial charge in [0.25, 0.3) is 0 Å². The van der Waals surface area contributed by atoms with E-state index < -0.39 is 0 Å². The van der Waals surface area contributed by atoms with Gasteiger partial charge in [0.2, 0.25) is 0 Å². The summed E-state index contributed by atoms with van der Waals surface area (Å²) >= 11 is 1.96. The summed E-state index contributed by atoms with van der Waals surface area (Å²) in [5.41, 5.74) is 0. The van der Waals surface area contributed by atoms with Crippen LogP contribution in [0.1, 0.15) is 33.1 Å². The van der Waals surface area contributed by atoms with Crippen molar-refractivity contribution in [2.45, 2.75) is 39.2 Å². The fraction of sp³-hybridized carbons (Fsp3) is 0.846. The van der Waals surface area contributed by atoms with Crippen LogP contribution in [0.4, 0.5) is 0 Å². The molecular weight excluding hydrogens is 202 g/mol. The van der Waals surface area contributed by atoms with Gasteiger partial charge in [0.05, 0.1) is 0 Å². The van der Waals surface area contributed by atoms with Gasteiger partial charge >= 0.3 is 0 Å². The van der Waals surface area contributed by atoms with E-state index in [0.29, 0.717) is 0 Å². The highest BCUT2D eigenvalue weighted by molar-refractivity contribution is 7.99. The molecule has 0 radical (unpaired) electrons. The van der Waals surface area contributed by atoms with Gasteiger partial charge in [0.15, 0.2) is 0 Å². The average Bonchev–Trinajstić information content (AvgIpc) is 2.20. The molecule has 1 fully saturated rings. The van der Waals surface area contributed by atoms with Crippen molar-refractivity contribution in [2.24, 2.45) is 11.8 Å². The van der Waals surface area contributed by atoms with Crippen LogP contribution in [0.2, 0.25) is 0 Å². The van der Waals surface area contributed by atoms with Crippen molar-refractivity contribution in [3.8, 4) is 0 Å². The van der Waals surface area contributed by atoms with Crippen LogP contribution >= 0.6 is 11.8 Å². The zero-order chi connectivity index (χ0) is 11.1. The fourth-order valence-electron chi connectivity index (χ4n) is 2.45. The predicted octanol–water partition coefficient (Wildman–Crippen LogP) is 3.32. The normalized spacial score (nSPS) is 31.5. The molecule has 0 heterocycles. The summed E-state index contributed by atoms with van der Waals surface area (Å²) in [6, 6.07) is 0.769. The van der Waals surface area contributed by atoms with Crippen molar-refractivity contribution in [1.82, 2.24) is 5.32 Å². The second-order valence-electron chi connectivity index (χ2n) is 4.82. The molecule has 0 aromatic heterocycles. The van der Waals surface area contributed by atoms with Crippen molar-refractivity contribution in [3.05, 3.63) is 12.7 Å². The first-order chi connectivity index (χ1) is 7.24. The zero-order valence-corrected chi connectivity index (χ0v) is 11.0. The van der Waals surface area contributed by atoms with Crippen molar-refractivity contribution < 1.29 is 0 Å². The van der Waals surface area contributed by atoms with Gasteiger partial charge in [-0.1, -0.05) is 19.9 Å². The highest BCUT2D eigenvalue weighted by atomic mass is 32.2. The van der Waals surface area contributed by atoms with Crippen LogP contribution in [0.15, 0.2) is 12.7 Å². The van der Waals surface area contributed by atoms with Crippen LogP contribution in [-0.4, -0.2) is 24.1 Å². The summed E-state index contributed by atoms with van der Waals surface area (Å²) in [4.78, 5) is 0. The lowest BCUT2D eigenvalue weighted by Crippen LogP contribution is -2.40. The van der Waals surface area contributed by atoms with Gasteiger partial charge in [-0.3, -0.25) is 0 Å². The first-order valence-electron chi connectivity index (χ1n) is 6.16. The van der Waals surface area contributed by atoms with E-state index in [4.69, 9.17) is 0 Å². The van der Waals surface area contributed by atoms with Crippen LogP contribution in [-0.2, 0) is 0 Å². The number of rotatable bonds is 6. The molecule has 1 aliphatic carbocycles. The van der Waals surface area contributed by atoms with Crippen LogP contribution in [0.3, 0.4) is 0 Å². The average molecular weight is 227 g/mol. The molecule has 3 atom stereocenters. The van der Waals surface area contributed by atoms with Gasteiger partial charge in [0.1, 0.15) is 0 Å². The topological polar surface area (TPSA) is 12.0 Å². The SMILES string of the molecule is C=CCSCCNC1CCC(C)CC1C. The minimum atomic E-state index is 0.769.